The van der Waals surface area contributed by atoms with Gasteiger partial charge in [-0.1, -0.05) is 90.5 Å². The standard InChI is InChI=1S/C26H23NO2.C16H22N2O.C8H10.H2O.H2/c1-18-16-21(19(2)28)12-13-24(18)22-14-15-27(25-11-7-6-10-23(25)17-22)26(29)20-8-4-3-5-9-20;1-11-7-14(12(2)17)15(18-10-11)13-8-16(9-13)3-5-19-6-4-16;1-7-4-3-5-8(2)6-7;;/h3-13,16-17H,14-15H2,1-2H3;7,10,13H,2-6,8-9,17H2,1H3;3-6H,1-2H3;1H2;1H. The van der Waals surface area contributed by atoms with E-state index in [9.17, 15) is 9.59 Å². The minimum Gasteiger partial charge on any atom is -0.412 e. The summed E-state index contributed by atoms with van der Waals surface area (Å²) in [4.78, 5) is 31.4. The maximum Gasteiger partial charge on any atom is 0.258 e. The van der Waals surface area contributed by atoms with Crippen molar-refractivity contribution in [3.05, 3.63) is 172 Å². The van der Waals surface area contributed by atoms with Crippen LogP contribution in [-0.2, 0) is 4.74 Å². The van der Waals surface area contributed by atoms with Gasteiger partial charge in [0.25, 0.3) is 5.91 Å². The highest BCUT2D eigenvalue weighted by molar-refractivity contribution is 6.08. The van der Waals surface area contributed by atoms with Crippen LogP contribution in [0.5, 0.6) is 0 Å². The fourth-order valence-corrected chi connectivity index (χ4v) is 8.23. The number of carbonyl (C=O) groups excluding carboxylic acids is 2. The number of hydrogen-bond donors (Lipinski definition) is 1. The molecule has 0 radical (unpaired) electrons. The number of para-hydroxylation sites is 1. The summed E-state index contributed by atoms with van der Waals surface area (Å²) in [6, 6.07) is 33.8. The average molecular weight is 766 g/mol. The number of nitrogens with two attached hydrogens (primary N) is 1. The molecule has 57 heavy (non-hydrogen) atoms. The Morgan fingerprint density at radius 3 is 2.11 bits per heavy atom. The molecule has 2 fully saturated rings. The summed E-state index contributed by atoms with van der Waals surface area (Å²) in [6.07, 6.45) is 9.72. The molecule has 298 valence electrons. The third-order valence-corrected chi connectivity index (χ3v) is 11.3. The molecule has 3 aliphatic rings. The molecule has 1 saturated heterocycles. The predicted octanol–water partition coefficient (Wildman–Crippen LogP) is 10.5. The Morgan fingerprint density at radius 1 is 0.825 bits per heavy atom. The van der Waals surface area contributed by atoms with Gasteiger partial charge >= 0.3 is 0 Å². The Morgan fingerprint density at radius 2 is 1.49 bits per heavy atom. The third kappa shape index (κ3) is 10.4. The maximum atomic E-state index is 13.2. The fraction of sp³-hybridized carbons (Fsp3) is 0.300. The first kappa shape index (κ1) is 42.5. The van der Waals surface area contributed by atoms with Gasteiger partial charge < -0.3 is 20.8 Å². The SMILES string of the molecule is C=C(N)c1cc(C)cnc1C1CC2(CCOCC2)C1.CC(=O)c1ccc(C2=Cc3ccccc3N(C(=O)c3ccccc3)CC2)c(C)c1.Cc1cccc(C)c1.O.[HH]. The molecule has 1 aromatic heterocycles. The lowest BCUT2D eigenvalue weighted by Crippen LogP contribution is -2.41. The molecule has 1 spiro atoms. The normalized spacial score (nSPS) is 15.5. The number of ether oxygens (including phenoxy) is 1. The highest BCUT2D eigenvalue weighted by Crippen LogP contribution is 2.56. The van der Waals surface area contributed by atoms with Crippen molar-refractivity contribution < 1.29 is 21.2 Å². The molecule has 4 aromatic carbocycles. The van der Waals surface area contributed by atoms with Crippen LogP contribution in [0.2, 0.25) is 0 Å². The largest absolute Gasteiger partial charge is 0.412 e. The monoisotopic (exact) mass is 765 g/mol. The summed E-state index contributed by atoms with van der Waals surface area (Å²) in [5.74, 6) is 0.629. The summed E-state index contributed by atoms with van der Waals surface area (Å²) in [6.45, 7) is 16.2. The van der Waals surface area contributed by atoms with Gasteiger partial charge in [-0.3, -0.25) is 14.6 Å². The highest BCUT2D eigenvalue weighted by Gasteiger charge is 2.46. The second kappa shape index (κ2) is 19.0. The molecular formula is C50H59N3O4. The number of rotatable bonds is 5. The molecule has 4 N–H and O–H groups in total. The zero-order chi connectivity index (χ0) is 39.8. The molecular weight excluding hydrogens is 707 g/mol. The molecule has 1 amide bonds. The van der Waals surface area contributed by atoms with Crippen LogP contribution < -0.4 is 10.6 Å². The van der Waals surface area contributed by atoms with Gasteiger partial charge in [0.05, 0.1) is 11.4 Å². The van der Waals surface area contributed by atoms with E-state index in [2.05, 4.69) is 61.8 Å². The number of aryl methyl sites for hydroxylation is 4. The number of aromatic nitrogens is 1. The smallest absolute Gasteiger partial charge is 0.258 e. The van der Waals surface area contributed by atoms with Gasteiger partial charge in [0, 0.05) is 55.7 Å². The number of ketones is 1. The Labute approximate surface area is 340 Å². The van der Waals surface area contributed by atoms with E-state index in [1.807, 2.05) is 97.7 Å². The van der Waals surface area contributed by atoms with Crippen molar-refractivity contribution in [2.75, 3.05) is 24.7 Å². The maximum absolute atomic E-state index is 13.2. The molecule has 2 aliphatic heterocycles. The van der Waals surface area contributed by atoms with Gasteiger partial charge in [-0.2, -0.15) is 0 Å². The van der Waals surface area contributed by atoms with Crippen LogP contribution in [0.25, 0.3) is 17.3 Å². The first-order valence-corrected chi connectivity index (χ1v) is 19.7. The summed E-state index contributed by atoms with van der Waals surface area (Å²) in [5, 5.41) is 0. The average Bonchev–Trinajstić information content (AvgIpc) is 3.37. The van der Waals surface area contributed by atoms with Gasteiger partial charge in [-0.05, 0) is 136 Å². The number of fused-ring (bicyclic) bond motifs is 1. The molecule has 7 heteroatoms. The van der Waals surface area contributed by atoms with Crippen LogP contribution in [-0.4, -0.2) is 41.9 Å². The minimum absolute atomic E-state index is 0. The molecule has 3 heterocycles. The number of nitrogens with zero attached hydrogens (tertiary/aromatic N) is 2. The predicted molar refractivity (Wildman–Crippen MR) is 237 cm³/mol. The lowest BCUT2D eigenvalue weighted by Gasteiger charge is -2.50. The van der Waals surface area contributed by atoms with Gasteiger partial charge in [0.1, 0.15) is 0 Å². The van der Waals surface area contributed by atoms with E-state index in [4.69, 9.17) is 10.5 Å². The van der Waals surface area contributed by atoms with Crippen LogP contribution in [0.1, 0.15) is 112 Å². The topological polar surface area (TPSA) is 117 Å². The summed E-state index contributed by atoms with van der Waals surface area (Å²) >= 11 is 0. The summed E-state index contributed by atoms with van der Waals surface area (Å²) < 4.78 is 5.47. The number of hydrogen-bond acceptors (Lipinski definition) is 5. The van der Waals surface area contributed by atoms with E-state index in [1.165, 1.54) is 42.4 Å². The van der Waals surface area contributed by atoms with Gasteiger partial charge in [-0.15, -0.1) is 0 Å². The van der Waals surface area contributed by atoms with E-state index >= 15 is 0 Å². The molecule has 0 unspecified atom stereocenters. The number of anilines is 1. The molecule has 1 aliphatic carbocycles. The van der Waals surface area contributed by atoms with Crippen molar-refractivity contribution in [3.8, 4) is 0 Å². The zero-order valence-electron chi connectivity index (χ0n) is 34.1. The quantitative estimate of drug-likeness (QED) is 0.179. The van der Waals surface area contributed by atoms with Crippen LogP contribution in [0, 0.1) is 33.1 Å². The molecule has 0 bridgehead atoms. The van der Waals surface area contributed by atoms with Gasteiger partial charge in [-0.25, -0.2) is 0 Å². The van der Waals surface area contributed by atoms with E-state index in [0.29, 0.717) is 29.1 Å². The molecule has 8 rings (SSSR count). The first-order valence-electron chi connectivity index (χ1n) is 19.7. The van der Waals surface area contributed by atoms with Crippen molar-refractivity contribution in [1.82, 2.24) is 4.98 Å². The number of benzene rings is 4. The van der Waals surface area contributed by atoms with E-state index in [1.54, 1.807) is 6.92 Å². The molecule has 5 aromatic rings. The number of amides is 1. The third-order valence-electron chi connectivity index (χ3n) is 11.3. The highest BCUT2D eigenvalue weighted by atomic mass is 16.5. The Bertz CT molecular complexity index is 2220. The lowest BCUT2D eigenvalue weighted by molar-refractivity contribution is -0.0404. The van der Waals surface area contributed by atoms with Gasteiger partial charge in [0.2, 0.25) is 0 Å². The summed E-state index contributed by atoms with van der Waals surface area (Å²) in [5.41, 5.74) is 19.8. The lowest BCUT2D eigenvalue weighted by atomic mass is 9.57. The zero-order valence-corrected chi connectivity index (χ0v) is 34.1. The fourth-order valence-electron chi connectivity index (χ4n) is 8.23. The number of carbonyl (C=O) groups is 2. The van der Waals surface area contributed by atoms with E-state index in [-0.39, 0.29) is 18.6 Å². The number of Topliss-reactive ketones (excluding diaryl/α,β-unsaturated/α-hetero) is 1. The molecule has 7 nitrogen and oxygen atoms in total. The van der Waals surface area contributed by atoms with Crippen LogP contribution in [0.3, 0.4) is 0 Å². The van der Waals surface area contributed by atoms with E-state index < -0.39 is 0 Å². The van der Waals surface area contributed by atoms with Gasteiger partial charge in [0.15, 0.2) is 5.78 Å². The van der Waals surface area contributed by atoms with Crippen molar-refractivity contribution >= 4 is 34.7 Å². The van der Waals surface area contributed by atoms with Crippen LogP contribution in [0.15, 0.2) is 116 Å². The minimum atomic E-state index is 0. The van der Waals surface area contributed by atoms with Crippen molar-refractivity contribution in [2.45, 2.75) is 72.6 Å². The number of pyridine rings is 1. The van der Waals surface area contributed by atoms with Crippen LogP contribution >= 0.6 is 0 Å². The van der Waals surface area contributed by atoms with Crippen molar-refractivity contribution in [3.63, 3.8) is 0 Å². The Hall–Kier alpha value is -5.63. The second-order valence-corrected chi connectivity index (χ2v) is 15.7. The Kier molecular flexibility index (Phi) is 14.2. The first-order chi connectivity index (χ1) is 26.9. The molecule has 0 atom stereocenters. The van der Waals surface area contributed by atoms with Crippen molar-refractivity contribution in [1.29, 1.82) is 0 Å². The second-order valence-electron chi connectivity index (χ2n) is 15.7. The van der Waals surface area contributed by atoms with E-state index in [0.717, 1.165) is 64.4 Å². The van der Waals surface area contributed by atoms with Crippen molar-refractivity contribution in [2.24, 2.45) is 11.1 Å². The molecule has 1 saturated carbocycles. The van der Waals surface area contributed by atoms with Crippen LogP contribution in [0.4, 0.5) is 5.69 Å². The Balaban J connectivity index is 0.000000220. The summed E-state index contributed by atoms with van der Waals surface area (Å²) in [7, 11) is 0.